The Morgan fingerprint density at radius 1 is 1.32 bits per heavy atom. The first kappa shape index (κ1) is 14.8. The lowest BCUT2D eigenvalue weighted by Crippen LogP contribution is -2.36. The smallest absolute Gasteiger partial charge is 0.224 e. The van der Waals surface area contributed by atoms with Crippen molar-refractivity contribution < 1.29 is 13.2 Å². The molecule has 1 aromatic heterocycles. The van der Waals surface area contributed by atoms with Gasteiger partial charge in [0.1, 0.15) is 0 Å². The van der Waals surface area contributed by atoms with Gasteiger partial charge in [0.15, 0.2) is 9.84 Å². The molecule has 6 nitrogen and oxygen atoms in total. The Bertz CT molecular complexity index is 768. The monoisotopic (exact) mass is 319 g/mol. The standard InChI is InChI=1S/C15H17N3O3S/c19-15(17-13-6-7-22(20,21)11-13)8-12-9-16-18(10-12)14-4-2-1-3-5-14/h1-5,9-10,13H,6-8,11H2,(H,17,19). The van der Waals surface area contributed by atoms with Crippen molar-refractivity contribution in [2.75, 3.05) is 11.5 Å². The lowest BCUT2D eigenvalue weighted by Gasteiger charge is -2.09. The van der Waals surface area contributed by atoms with Crippen LogP contribution in [0.5, 0.6) is 0 Å². The number of aromatic nitrogens is 2. The molecule has 3 rings (SSSR count). The first-order valence-corrected chi connectivity index (χ1v) is 8.93. The van der Waals surface area contributed by atoms with E-state index in [1.165, 1.54) is 0 Å². The molecule has 1 aromatic carbocycles. The second kappa shape index (κ2) is 5.92. The van der Waals surface area contributed by atoms with E-state index in [-0.39, 0.29) is 29.9 Å². The minimum atomic E-state index is -2.98. The molecular formula is C15H17N3O3S. The van der Waals surface area contributed by atoms with Crippen LogP contribution < -0.4 is 5.32 Å². The Morgan fingerprint density at radius 2 is 2.09 bits per heavy atom. The van der Waals surface area contributed by atoms with Crippen molar-refractivity contribution in [3.63, 3.8) is 0 Å². The third-order valence-corrected chi connectivity index (χ3v) is 5.39. The van der Waals surface area contributed by atoms with Crippen molar-refractivity contribution in [3.8, 4) is 5.69 Å². The molecule has 1 unspecified atom stereocenters. The van der Waals surface area contributed by atoms with E-state index in [9.17, 15) is 13.2 Å². The average Bonchev–Trinajstić information content (AvgIpc) is 3.06. The molecule has 0 bridgehead atoms. The van der Waals surface area contributed by atoms with E-state index >= 15 is 0 Å². The quantitative estimate of drug-likeness (QED) is 0.900. The second-order valence-corrected chi connectivity index (χ2v) is 7.70. The van der Waals surface area contributed by atoms with Gasteiger partial charge in [-0.15, -0.1) is 0 Å². The summed E-state index contributed by atoms with van der Waals surface area (Å²) >= 11 is 0. The van der Waals surface area contributed by atoms with Crippen molar-refractivity contribution in [2.45, 2.75) is 18.9 Å². The van der Waals surface area contributed by atoms with Gasteiger partial charge in [0.05, 0.1) is 29.8 Å². The van der Waals surface area contributed by atoms with Crippen LogP contribution in [0.3, 0.4) is 0 Å². The second-order valence-electron chi connectivity index (χ2n) is 5.47. The number of para-hydroxylation sites is 1. The Labute approximate surface area is 129 Å². The zero-order valence-corrected chi connectivity index (χ0v) is 12.8. The van der Waals surface area contributed by atoms with Crippen molar-refractivity contribution in [2.24, 2.45) is 0 Å². The molecule has 1 saturated heterocycles. The van der Waals surface area contributed by atoms with E-state index in [4.69, 9.17) is 0 Å². The number of nitrogens with zero attached hydrogens (tertiary/aromatic N) is 2. The van der Waals surface area contributed by atoms with Crippen LogP contribution in [-0.4, -0.2) is 41.7 Å². The minimum absolute atomic E-state index is 0.0437. The number of rotatable bonds is 4. The number of nitrogens with one attached hydrogen (secondary N) is 1. The van der Waals surface area contributed by atoms with Crippen LogP contribution in [0.15, 0.2) is 42.7 Å². The third-order valence-electron chi connectivity index (χ3n) is 3.62. The number of benzene rings is 1. The molecule has 0 aliphatic carbocycles. The predicted molar refractivity (Wildman–Crippen MR) is 82.5 cm³/mol. The molecule has 1 amide bonds. The van der Waals surface area contributed by atoms with Gasteiger partial charge < -0.3 is 5.32 Å². The van der Waals surface area contributed by atoms with Gasteiger partial charge in [-0.05, 0) is 24.1 Å². The van der Waals surface area contributed by atoms with Crippen LogP contribution in [0.2, 0.25) is 0 Å². The maximum Gasteiger partial charge on any atom is 0.224 e. The van der Waals surface area contributed by atoms with Crippen LogP contribution in [0.1, 0.15) is 12.0 Å². The summed E-state index contributed by atoms with van der Waals surface area (Å²) < 4.78 is 24.5. The van der Waals surface area contributed by atoms with Gasteiger partial charge in [-0.1, -0.05) is 18.2 Å². The molecule has 1 atom stereocenters. The fraction of sp³-hybridized carbons (Fsp3) is 0.333. The van der Waals surface area contributed by atoms with Gasteiger partial charge in [0.25, 0.3) is 0 Å². The highest BCUT2D eigenvalue weighted by Crippen LogP contribution is 2.12. The van der Waals surface area contributed by atoms with Crippen LogP contribution in [0.4, 0.5) is 0 Å². The number of hydrogen-bond donors (Lipinski definition) is 1. The zero-order chi connectivity index (χ0) is 15.6. The molecule has 1 aliphatic heterocycles. The summed E-state index contributed by atoms with van der Waals surface area (Å²) in [5.41, 5.74) is 1.72. The molecule has 7 heteroatoms. The summed E-state index contributed by atoms with van der Waals surface area (Å²) in [7, 11) is -2.98. The van der Waals surface area contributed by atoms with Crippen LogP contribution in [-0.2, 0) is 21.1 Å². The number of carbonyl (C=O) groups excluding carboxylic acids is 1. The van der Waals surface area contributed by atoms with Gasteiger partial charge in [-0.25, -0.2) is 13.1 Å². The topological polar surface area (TPSA) is 81.1 Å². The van der Waals surface area contributed by atoms with Gasteiger partial charge in [-0.3, -0.25) is 4.79 Å². The van der Waals surface area contributed by atoms with Gasteiger partial charge in [0, 0.05) is 12.2 Å². The fourth-order valence-electron chi connectivity index (χ4n) is 2.55. The molecular weight excluding hydrogens is 302 g/mol. The van der Waals surface area contributed by atoms with Crippen molar-refractivity contribution in [3.05, 3.63) is 48.3 Å². The van der Waals surface area contributed by atoms with E-state index in [0.717, 1.165) is 11.3 Å². The summed E-state index contributed by atoms with van der Waals surface area (Å²) in [6.07, 6.45) is 4.15. The Balaban J connectivity index is 1.60. The normalized spacial score (nSPS) is 19.9. The molecule has 2 aromatic rings. The van der Waals surface area contributed by atoms with E-state index in [0.29, 0.717) is 6.42 Å². The molecule has 0 spiro atoms. The van der Waals surface area contributed by atoms with E-state index in [1.54, 1.807) is 17.1 Å². The van der Waals surface area contributed by atoms with Gasteiger partial charge in [-0.2, -0.15) is 5.10 Å². The number of amides is 1. The Morgan fingerprint density at radius 3 is 2.77 bits per heavy atom. The largest absolute Gasteiger partial charge is 0.352 e. The van der Waals surface area contributed by atoms with Crippen LogP contribution in [0, 0.1) is 0 Å². The Hall–Kier alpha value is -2.15. The van der Waals surface area contributed by atoms with E-state index in [1.807, 2.05) is 30.3 Å². The molecule has 2 heterocycles. The molecule has 116 valence electrons. The van der Waals surface area contributed by atoms with Crippen molar-refractivity contribution in [1.82, 2.24) is 15.1 Å². The van der Waals surface area contributed by atoms with Crippen molar-refractivity contribution in [1.29, 1.82) is 0 Å². The van der Waals surface area contributed by atoms with E-state index in [2.05, 4.69) is 10.4 Å². The maximum absolute atomic E-state index is 12.0. The molecule has 1 aliphatic rings. The lowest BCUT2D eigenvalue weighted by atomic mass is 10.2. The highest BCUT2D eigenvalue weighted by molar-refractivity contribution is 7.91. The molecule has 22 heavy (non-hydrogen) atoms. The average molecular weight is 319 g/mol. The highest BCUT2D eigenvalue weighted by Gasteiger charge is 2.28. The first-order chi connectivity index (χ1) is 10.5. The minimum Gasteiger partial charge on any atom is -0.352 e. The fourth-order valence-corrected chi connectivity index (χ4v) is 4.22. The number of sulfone groups is 1. The molecule has 0 saturated carbocycles. The summed E-state index contributed by atoms with van der Waals surface area (Å²) in [5, 5.41) is 7.01. The summed E-state index contributed by atoms with van der Waals surface area (Å²) in [4.78, 5) is 12.0. The Kier molecular flexibility index (Phi) is 3.98. The molecule has 1 fully saturated rings. The molecule has 1 N–H and O–H groups in total. The summed E-state index contributed by atoms with van der Waals surface area (Å²) in [6, 6.07) is 9.37. The SMILES string of the molecule is O=C(Cc1cnn(-c2ccccc2)c1)NC1CCS(=O)(=O)C1. The summed E-state index contributed by atoms with van der Waals surface area (Å²) in [5.74, 6) is 0.0287. The number of hydrogen-bond acceptors (Lipinski definition) is 4. The first-order valence-electron chi connectivity index (χ1n) is 7.11. The van der Waals surface area contributed by atoms with Crippen molar-refractivity contribution >= 4 is 15.7 Å². The zero-order valence-electron chi connectivity index (χ0n) is 12.0. The summed E-state index contributed by atoms with van der Waals surface area (Å²) in [6.45, 7) is 0. The number of carbonyl (C=O) groups is 1. The van der Waals surface area contributed by atoms with Gasteiger partial charge in [0.2, 0.25) is 5.91 Å². The molecule has 0 radical (unpaired) electrons. The van der Waals surface area contributed by atoms with Crippen LogP contribution >= 0.6 is 0 Å². The maximum atomic E-state index is 12.0. The highest BCUT2D eigenvalue weighted by atomic mass is 32.2. The van der Waals surface area contributed by atoms with Gasteiger partial charge >= 0.3 is 0 Å². The predicted octanol–water partition coefficient (Wildman–Crippen LogP) is 0.718. The lowest BCUT2D eigenvalue weighted by molar-refractivity contribution is -0.121. The van der Waals surface area contributed by atoms with E-state index < -0.39 is 9.84 Å². The third kappa shape index (κ3) is 3.54. The van der Waals surface area contributed by atoms with Crippen LogP contribution in [0.25, 0.3) is 5.69 Å².